The molecule has 4 rings (SSSR count). The molecular formula is C22H26FN3O2S. The fourth-order valence-electron chi connectivity index (χ4n) is 3.83. The zero-order valence-corrected chi connectivity index (χ0v) is 17.1. The zero-order valence-electron chi connectivity index (χ0n) is 16.3. The summed E-state index contributed by atoms with van der Waals surface area (Å²) in [7, 11) is 0. The van der Waals surface area contributed by atoms with Gasteiger partial charge in [0.05, 0.1) is 16.8 Å². The van der Waals surface area contributed by atoms with Crippen molar-refractivity contribution in [3.63, 3.8) is 0 Å². The molecule has 5 nitrogen and oxygen atoms in total. The summed E-state index contributed by atoms with van der Waals surface area (Å²) >= 11 is 1.73. The molecule has 2 heterocycles. The summed E-state index contributed by atoms with van der Waals surface area (Å²) in [6, 6.07) is 14.9. The fraction of sp³-hybridized carbons (Fsp3) is 0.409. The minimum absolute atomic E-state index is 0.136. The maximum Gasteiger partial charge on any atom is 0.123 e. The van der Waals surface area contributed by atoms with Crippen LogP contribution in [0.4, 0.5) is 4.39 Å². The van der Waals surface area contributed by atoms with Crippen molar-refractivity contribution in [1.29, 1.82) is 0 Å². The molecule has 1 aromatic heterocycles. The molecule has 1 aliphatic heterocycles. The van der Waals surface area contributed by atoms with E-state index in [0.717, 1.165) is 36.5 Å². The molecule has 2 unspecified atom stereocenters. The average Bonchev–Trinajstić information content (AvgIpc) is 3.16. The van der Waals surface area contributed by atoms with Crippen LogP contribution in [0.5, 0.6) is 5.75 Å². The molecule has 3 aromatic rings. The van der Waals surface area contributed by atoms with E-state index in [1.54, 1.807) is 23.5 Å². The van der Waals surface area contributed by atoms with Gasteiger partial charge in [0, 0.05) is 31.7 Å². The van der Waals surface area contributed by atoms with Gasteiger partial charge in [-0.3, -0.25) is 4.90 Å². The summed E-state index contributed by atoms with van der Waals surface area (Å²) in [5.41, 5.74) is 1.05. The van der Waals surface area contributed by atoms with E-state index in [1.165, 1.54) is 16.8 Å². The predicted octanol–water partition coefficient (Wildman–Crippen LogP) is 3.43. The number of para-hydroxylation sites is 1. The lowest BCUT2D eigenvalue weighted by Crippen LogP contribution is -2.51. The van der Waals surface area contributed by atoms with Crippen LogP contribution in [0.2, 0.25) is 0 Å². The molecule has 0 saturated carbocycles. The average molecular weight is 416 g/mol. The first kappa shape index (κ1) is 20.2. The first-order chi connectivity index (χ1) is 14.2. The van der Waals surface area contributed by atoms with E-state index < -0.39 is 0 Å². The number of piperidine rings is 1. The van der Waals surface area contributed by atoms with Gasteiger partial charge in [-0.25, -0.2) is 9.37 Å². The second-order valence-corrected chi connectivity index (χ2v) is 8.47. The third kappa shape index (κ3) is 5.30. The van der Waals surface area contributed by atoms with Crippen molar-refractivity contribution in [3.05, 3.63) is 59.4 Å². The van der Waals surface area contributed by atoms with Crippen LogP contribution in [0.3, 0.4) is 0 Å². The first-order valence-corrected chi connectivity index (χ1v) is 10.8. The van der Waals surface area contributed by atoms with Crippen molar-refractivity contribution in [2.75, 3.05) is 26.3 Å². The van der Waals surface area contributed by atoms with Gasteiger partial charge < -0.3 is 15.2 Å². The van der Waals surface area contributed by atoms with Gasteiger partial charge in [0.2, 0.25) is 0 Å². The topological polar surface area (TPSA) is 57.6 Å². The fourth-order valence-corrected chi connectivity index (χ4v) is 4.75. The Labute approximate surface area is 174 Å². The number of nitrogens with one attached hydrogen (secondary N) is 1. The van der Waals surface area contributed by atoms with E-state index in [4.69, 9.17) is 9.72 Å². The number of hydrogen-bond acceptors (Lipinski definition) is 6. The quantitative estimate of drug-likeness (QED) is 0.590. The summed E-state index contributed by atoms with van der Waals surface area (Å²) < 4.78 is 20.2. The van der Waals surface area contributed by atoms with Gasteiger partial charge in [0.15, 0.2) is 0 Å². The maximum atomic E-state index is 13.1. The Morgan fingerprint density at radius 2 is 2.03 bits per heavy atom. The Morgan fingerprint density at radius 3 is 2.83 bits per heavy atom. The van der Waals surface area contributed by atoms with Crippen molar-refractivity contribution >= 4 is 21.6 Å². The molecule has 1 fully saturated rings. The minimum Gasteiger partial charge on any atom is -0.492 e. The van der Waals surface area contributed by atoms with Crippen LogP contribution in [-0.2, 0) is 6.54 Å². The number of likely N-dealkylation sites (tertiary alicyclic amines) is 1. The van der Waals surface area contributed by atoms with E-state index in [1.807, 2.05) is 18.2 Å². The molecule has 0 amide bonds. The second kappa shape index (κ2) is 9.63. The molecule has 2 N–H and O–H groups in total. The molecule has 1 aliphatic rings. The number of fused-ring (bicyclic) bond motifs is 1. The largest absolute Gasteiger partial charge is 0.492 e. The summed E-state index contributed by atoms with van der Waals surface area (Å²) in [4.78, 5) is 6.98. The lowest BCUT2D eigenvalue weighted by atomic mass is 9.97. The van der Waals surface area contributed by atoms with Crippen molar-refractivity contribution in [3.8, 4) is 5.75 Å². The zero-order chi connectivity index (χ0) is 20.1. The molecule has 0 spiro atoms. The number of aliphatic hydroxyl groups excluding tert-OH is 1. The Morgan fingerprint density at radius 1 is 1.21 bits per heavy atom. The lowest BCUT2D eigenvalue weighted by Gasteiger charge is -2.39. The van der Waals surface area contributed by atoms with Gasteiger partial charge in [-0.05, 0) is 49.2 Å². The van der Waals surface area contributed by atoms with Crippen LogP contribution in [0.1, 0.15) is 17.8 Å². The molecule has 0 bridgehead atoms. The van der Waals surface area contributed by atoms with Crippen LogP contribution < -0.4 is 10.1 Å². The Bertz CT molecular complexity index is 885. The van der Waals surface area contributed by atoms with Crippen molar-refractivity contribution < 1.29 is 14.2 Å². The molecule has 154 valence electrons. The molecule has 7 heteroatoms. The first-order valence-electron chi connectivity index (χ1n) is 10.0. The Balaban J connectivity index is 1.34. The van der Waals surface area contributed by atoms with Crippen molar-refractivity contribution in [2.24, 2.45) is 0 Å². The third-order valence-corrected chi connectivity index (χ3v) is 6.40. The molecule has 29 heavy (non-hydrogen) atoms. The predicted molar refractivity (Wildman–Crippen MR) is 114 cm³/mol. The van der Waals surface area contributed by atoms with Crippen LogP contribution in [-0.4, -0.2) is 53.4 Å². The van der Waals surface area contributed by atoms with Crippen molar-refractivity contribution in [1.82, 2.24) is 15.2 Å². The number of halogens is 1. The Kier molecular flexibility index (Phi) is 6.71. The second-order valence-electron chi connectivity index (χ2n) is 7.36. The number of aromatic nitrogens is 1. The van der Waals surface area contributed by atoms with Crippen LogP contribution in [0.25, 0.3) is 10.2 Å². The summed E-state index contributed by atoms with van der Waals surface area (Å²) in [6.07, 6.45) is 1.96. The molecule has 1 saturated heterocycles. The molecule has 0 aliphatic carbocycles. The van der Waals surface area contributed by atoms with E-state index in [2.05, 4.69) is 16.3 Å². The standard InChI is InChI=1S/C22H26FN3O2S/c23-16-5-7-19(8-6-16)28-15-18-13-17(9-10-26(18)11-12-27)24-14-22-25-20-3-1-2-4-21(20)29-22/h1-8,17-18,24,27H,9-15H2. The highest BCUT2D eigenvalue weighted by Crippen LogP contribution is 2.23. The van der Waals surface area contributed by atoms with Gasteiger partial charge in [-0.15, -0.1) is 11.3 Å². The summed E-state index contributed by atoms with van der Waals surface area (Å²) in [5.74, 6) is 0.399. The summed E-state index contributed by atoms with van der Waals surface area (Å²) in [6.45, 7) is 2.97. The number of aliphatic hydroxyl groups is 1. The highest BCUT2D eigenvalue weighted by molar-refractivity contribution is 7.18. The Hall–Kier alpha value is -2.06. The monoisotopic (exact) mass is 415 g/mol. The molecule has 2 atom stereocenters. The van der Waals surface area contributed by atoms with Gasteiger partial charge in [0.1, 0.15) is 23.2 Å². The number of nitrogens with zero attached hydrogens (tertiary/aromatic N) is 2. The van der Waals surface area contributed by atoms with E-state index in [0.29, 0.717) is 24.9 Å². The van der Waals surface area contributed by atoms with E-state index in [-0.39, 0.29) is 18.5 Å². The number of benzene rings is 2. The van der Waals surface area contributed by atoms with Gasteiger partial charge in [0.25, 0.3) is 0 Å². The number of thiazole rings is 1. The maximum absolute atomic E-state index is 13.1. The lowest BCUT2D eigenvalue weighted by molar-refractivity contribution is 0.0672. The van der Waals surface area contributed by atoms with E-state index in [9.17, 15) is 9.50 Å². The number of rotatable bonds is 8. The number of ether oxygens (including phenoxy) is 1. The van der Waals surface area contributed by atoms with Gasteiger partial charge >= 0.3 is 0 Å². The summed E-state index contributed by atoms with van der Waals surface area (Å²) in [5, 5.41) is 14.1. The van der Waals surface area contributed by atoms with Crippen LogP contribution in [0, 0.1) is 5.82 Å². The molecular weight excluding hydrogens is 389 g/mol. The van der Waals surface area contributed by atoms with Gasteiger partial charge in [-0.2, -0.15) is 0 Å². The SMILES string of the molecule is OCCN1CCC(NCc2nc3ccccc3s2)CC1COc1ccc(F)cc1. The van der Waals surface area contributed by atoms with Gasteiger partial charge in [-0.1, -0.05) is 12.1 Å². The van der Waals surface area contributed by atoms with E-state index >= 15 is 0 Å². The third-order valence-electron chi connectivity index (χ3n) is 5.36. The van der Waals surface area contributed by atoms with Crippen molar-refractivity contribution in [2.45, 2.75) is 31.5 Å². The number of β-amino-alcohol motifs (C(OH)–C–C–N with tert-alkyl or cyclic N) is 1. The normalized spacial score (nSPS) is 20.2. The minimum atomic E-state index is -0.268. The van der Waals surface area contributed by atoms with Crippen LogP contribution in [0.15, 0.2) is 48.5 Å². The smallest absolute Gasteiger partial charge is 0.123 e. The highest BCUT2D eigenvalue weighted by atomic mass is 32.1. The molecule has 0 radical (unpaired) electrons. The number of hydrogen-bond donors (Lipinski definition) is 2. The van der Waals surface area contributed by atoms with Crippen LogP contribution >= 0.6 is 11.3 Å². The highest BCUT2D eigenvalue weighted by Gasteiger charge is 2.28. The molecule has 2 aromatic carbocycles.